The first-order valence-corrected chi connectivity index (χ1v) is 8.34. The third-order valence-electron chi connectivity index (χ3n) is 4.85. The molecule has 1 aliphatic carbocycles. The molecule has 7 nitrogen and oxygen atoms in total. The highest BCUT2D eigenvalue weighted by Crippen LogP contribution is 2.31. The van der Waals surface area contributed by atoms with Crippen molar-refractivity contribution in [2.45, 2.75) is 45.7 Å². The van der Waals surface area contributed by atoms with Crippen molar-refractivity contribution in [3.63, 3.8) is 0 Å². The van der Waals surface area contributed by atoms with E-state index in [2.05, 4.69) is 0 Å². The van der Waals surface area contributed by atoms with Crippen molar-refractivity contribution in [2.75, 3.05) is 20.8 Å². The van der Waals surface area contributed by atoms with E-state index in [1.54, 1.807) is 37.3 Å². The first kappa shape index (κ1) is 19.2. The highest BCUT2D eigenvalue weighted by Gasteiger charge is 2.39. The van der Waals surface area contributed by atoms with Crippen molar-refractivity contribution < 1.29 is 23.9 Å². The molecule has 25 heavy (non-hydrogen) atoms. The smallest absolute Gasteiger partial charge is 0.354 e. The van der Waals surface area contributed by atoms with Gasteiger partial charge >= 0.3 is 5.97 Å². The van der Waals surface area contributed by atoms with Crippen molar-refractivity contribution in [3.8, 4) is 0 Å². The van der Waals surface area contributed by atoms with E-state index in [1.807, 2.05) is 0 Å². The Hall–Kier alpha value is -2.15. The van der Waals surface area contributed by atoms with Crippen LogP contribution in [0.3, 0.4) is 0 Å². The largest absolute Gasteiger partial charge is 0.464 e. The Balaban J connectivity index is 2.39. The molecular weight excluding hydrogens is 324 g/mol. The number of ketones is 1. The van der Waals surface area contributed by atoms with Gasteiger partial charge in [0.1, 0.15) is 12.3 Å². The van der Waals surface area contributed by atoms with Crippen molar-refractivity contribution in [2.24, 2.45) is 7.05 Å². The lowest BCUT2D eigenvalue weighted by atomic mass is 9.99. The van der Waals surface area contributed by atoms with Gasteiger partial charge in [-0.15, -0.1) is 0 Å². The number of hydrogen-bond acceptors (Lipinski definition) is 5. The Morgan fingerprint density at radius 3 is 2.32 bits per heavy atom. The normalized spacial score (nSPS) is 15.0. The number of amides is 1. The summed E-state index contributed by atoms with van der Waals surface area (Å²) in [6, 6.07) is -0.522. The van der Waals surface area contributed by atoms with E-state index in [-0.39, 0.29) is 24.3 Å². The molecule has 0 bridgehead atoms. The lowest BCUT2D eigenvalue weighted by Crippen LogP contribution is -2.46. The molecule has 1 aliphatic rings. The van der Waals surface area contributed by atoms with Gasteiger partial charge in [0, 0.05) is 31.5 Å². The van der Waals surface area contributed by atoms with Gasteiger partial charge in [-0.25, -0.2) is 4.79 Å². The molecule has 1 aromatic heterocycles. The predicted molar refractivity (Wildman–Crippen MR) is 91.8 cm³/mol. The molecule has 0 spiro atoms. The summed E-state index contributed by atoms with van der Waals surface area (Å²) in [4.78, 5) is 39.2. The standard InChI is InChI=1S/C18H26N2O5/c1-10-15(11(2)19(4)16(10)18(23)25-6)17(22)12(3)20(13-7-8-13)14(21)9-24-5/h12-13H,7-9H2,1-6H3/t12-/m0/s1. The fraction of sp³-hybridized carbons (Fsp3) is 0.611. The zero-order valence-corrected chi connectivity index (χ0v) is 15.7. The number of Topliss-reactive ketones (excluding diaryl/α,β-unsaturated/α-hetero) is 1. The Morgan fingerprint density at radius 2 is 1.84 bits per heavy atom. The maximum absolute atomic E-state index is 13.1. The number of carbonyl (C=O) groups is 3. The molecule has 0 saturated heterocycles. The van der Waals surface area contributed by atoms with Crippen LogP contribution in [0.25, 0.3) is 0 Å². The zero-order valence-electron chi connectivity index (χ0n) is 15.7. The van der Waals surface area contributed by atoms with E-state index in [0.717, 1.165) is 12.8 Å². The van der Waals surface area contributed by atoms with Crippen LogP contribution in [0.4, 0.5) is 0 Å². The van der Waals surface area contributed by atoms with Crippen LogP contribution in [0.5, 0.6) is 0 Å². The van der Waals surface area contributed by atoms with E-state index in [0.29, 0.717) is 22.5 Å². The number of carbonyl (C=O) groups excluding carboxylic acids is 3. The Bertz CT molecular complexity index is 703. The van der Waals surface area contributed by atoms with Crippen molar-refractivity contribution >= 4 is 17.7 Å². The highest BCUT2D eigenvalue weighted by atomic mass is 16.5. The maximum atomic E-state index is 13.1. The van der Waals surface area contributed by atoms with Crippen LogP contribution in [0.1, 0.15) is 51.9 Å². The number of esters is 1. The maximum Gasteiger partial charge on any atom is 0.354 e. The third-order valence-corrected chi connectivity index (χ3v) is 4.85. The molecule has 1 atom stereocenters. The van der Waals surface area contributed by atoms with Crippen molar-refractivity contribution in [1.29, 1.82) is 0 Å². The number of aromatic nitrogens is 1. The van der Waals surface area contributed by atoms with Gasteiger partial charge < -0.3 is 18.9 Å². The summed E-state index contributed by atoms with van der Waals surface area (Å²) < 4.78 is 11.4. The summed E-state index contributed by atoms with van der Waals surface area (Å²) in [5.41, 5.74) is 2.10. The SMILES string of the molecule is COCC(=O)N(C1CC1)[C@@H](C)C(=O)c1c(C)c(C(=O)OC)n(C)c1C. The lowest BCUT2D eigenvalue weighted by molar-refractivity contribution is -0.137. The minimum absolute atomic E-state index is 0.0473. The topological polar surface area (TPSA) is 77.8 Å². The molecule has 1 saturated carbocycles. The molecule has 1 aromatic rings. The Labute approximate surface area is 147 Å². The fourth-order valence-electron chi connectivity index (χ4n) is 3.35. The number of hydrogen-bond donors (Lipinski definition) is 0. The number of ether oxygens (including phenoxy) is 2. The van der Waals surface area contributed by atoms with Crippen LogP contribution < -0.4 is 0 Å². The zero-order chi connectivity index (χ0) is 18.9. The quantitative estimate of drug-likeness (QED) is 0.552. The third kappa shape index (κ3) is 3.46. The van der Waals surface area contributed by atoms with E-state index in [9.17, 15) is 14.4 Å². The van der Waals surface area contributed by atoms with Crippen LogP contribution >= 0.6 is 0 Å². The Morgan fingerprint density at radius 1 is 1.24 bits per heavy atom. The molecule has 7 heteroatoms. The molecule has 0 unspecified atom stereocenters. The highest BCUT2D eigenvalue weighted by molar-refractivity contribution is 6.06. The van der Waals surface area contributed by atoms with Crippen molar-refractivity contribution in [1.82, 2.24) is 9.47 Å². The van der Waals surface area contributed by atoms with Crippen LogP contribution in [-0.2, 0) is 21.3 Å². The second-order valence-electron chi connectivity index (χ2n) is 6.49. The number of rotatable bonds is 7. The molecule has 138 valence electrons. The summed E-state index contributed by atoms with van der Waals surface area (Å²) in [7, 11) is 4.50. The van der Waals surface area contributed by atoms with Gasteiger partial charge in [-0.3, -0.25) is 9.59 Å². The second kappa shape index (κ2) is 7.39. The van der Waals surface area contributed by atoms with Gasteiger partial charge in [-0.2, -0.15) is 0 Å². The monoisotopic (exact) mass is 350 g/mol. The van der Waals surface area contributed by atoms with Crippen molar-refractivity contribution in [3.05, 3.63) is 22.5 Å². The van der Waals surface area contributed by atoms with Gasteiger partial charge in [-0.1, -0.05) is 0 Å². The van der Waals surface area contributed by atoms with Gasteiger partial charge in [0.15, 0.2) is 5.78 Å². The van der Waals surface area contributed by atoms with Crippen LogP contribution in [0.2, 0.25) is 0 Å². The Kier molecular flexibility index (Phi) is 5.67. The molecular formula is C18H26N2O5. The first-order chi connectivity index (χ1) is 11.8. The van der Waals surface area contributed by atoms with Crippen LogP contribution in [-0.4, -0.2) is 60.0 Å². The van der Waals surface area contributed by atoms with Gasteiger partial charge in [0.05, 0.1) is 13.2 Å². The molecule has 1 fully saturated rings. The van der Waals surface area contributed by atoms with Gasteiger partial charge in [0.25, 0.3) is 0 Å². The summed E-state index contributed by atoms with van der Waals surface area (Å²) in [5, 5.41) is 0. The molecule has 0 aromatic carbocycles. The predicted octanol–water partition coefficient (Wildman–Crippen LogP) is 1.64. The van der Waals surface area contributed by atoms with E-state index >= 15 is 0 Å². The van der Waals surface area contributed by atoms with Gasteiger partial charge in [0.2, 0.25) is 5.91 Å². The molecule has 0 radical (unpaired) electrons. The van der Waals surface area contributed by atoms with Gasteiger partial charge in [-0.05, 0) is 39.2 Å². The lowest BCUT2D eigenvalue weighted by Gasteiger charge is -2.28. The average molecular weight is 350 g/mol. The minimum atomic E-state index is -0.611. The summed E-state index contributed by atoms with van der Waals surface area (Å²) >= 11 is 0. The molecule has 1 amide bonds. The van der Waals surface area contributed by atoms with E-state index in [4.69, 9.17) is 9.47 Å². The first-order valence-electron chi connectivity index (χ1n) is 8.34. The fourth-order valence-corrected chi connectivity index (χ4v) is 3.35. The van der Waals surface area contributed by atoms with Crippen LogP contribution in [0, 0.1) is 13.8 Å². The summed E-state index contributed by atoms with van der Waals surface area (Å²) in [6.07, 6.45) is 1.79. The summed E-state index contributed by atoms with van der Waals surface area (Å²) in [6.45, 7) is 5.21. The molecule has 2 rings (SSSR count). The van der Waals surface area contributed by atoms with E-state index < -0.39 is 12.0 Å². The summed E-state index contributed by atoms with van der Waals surface area (Å²) in [5.74, 6) is -0.841. The molecule has 0 aliphatic heterocycles. The average Bonchev–Trinajstić information content (AvgIpc) is 3.36. The number of nitrogens with zero attached hydrogens (tertiary/aromatic N) is 2. The second-order valence-corrected chi connectivity index (χ2v) is 6.49. The molecule has 1 heterocycles. The molecule has 0 N–H and O–H groups in total. The number of methoxy groups -OCH3 is 2. The van der Waals surface area contributed by atoms with Crippen LogP contribution in [0.15, 0.2) is 0 Å². The van der Waals surface area contributed by atoms with E-state index in [1.165, 1.54) is 14.2 Å². The minimum Gasteiger partial charge on any atom is -0.464 e.